The summed E-state index contributed by atoms with van der Waals surface area (Å²) in [5.41, 5.74) is 26.1. The smallest absolute Gasteiger partial charge is 0.456 e. The number of hydrogen-bond donors (Lipinski definition) is 2. The highest BCUT2D eigenvalue weighted by molar-refractivity contribution is 9.11. The Hall–Kier alpha value is -15.8. The predicted molar refractivity (Wildman–Crippen MR) is 627 cm³/mol. The Bertz CT molecular complexity index is 9150. The molecule has 0 fully saturated rings. The van der Waals surface area contributed by atoms with Crippen LogP contribution < -0.4 is 20.2 Å². The fourth-order valence-electron chi connectivity index (χ4n) is 19.6. The van der Waals surface area contributed by atoms with Crippen molar-refractivity contribution in [3.8, 4) is 44.8 Å². The van der Waals surface area contributed by atoms with E-state index < -0.39 is 7.12 Å². The lowest BCUT2D eigenvalue weighted by atomic mass is 9.81. The number of halogens is 6. The summed E-state index contributed by atoms with van der Waals surface area (Å²) in [5.74, 6) is 0. The molecule has 0 atom stereocenters. The number of benzene rings is 23. The summed E-state index contributed by atoms with van der Waals surface area (Å²) in [4.78, 5) is 7.03. The Balaban J connectivity index is 0.000000123. The van der Waals surface area contributed by atoms with E-state index in [0.29, 0.717) is 5.46 Å². The van der Waals surface area contributed by atoms with E-state index in [2.05, 4.69) is 490 Å². The first kappa shape index (κ1) is 94.1. The number of anilines is 9. The van der Waals surface area contributed by atoms with E-state index in [1.54, 1.807) is 24.3 Å². The van der Waals surface area contributed by atoms with Crippen molar-refractivity contribution >= 4 is 255 Å². The van der Waals surface area contributed by atoms with E-state index in [4.69, 9.17) is 49.3 Å². The normalized spacial score (nSPS) is 11.2. The molecule has 23 aromatic carbocycles. The van der Waals surface area contributed by atoms with Crippen LogP contribution in [0.5, 0.6) is 0 Å². The first-order chi connectivity index (χ1) is 71.3. The number of nitrogens with zero attached hydrogens (tertiary/aromatic N) is 5. The molecule has 0 bridgehead atoms. The number of aromatic nitrogens is 2. The Labute approximate surface area is 880 Å². The van der Waals surface area contributed by atoms with Crippen molar-refractivity contribution in [1.29, 1.82) is 0 Å². The molecule has 3 heterocycles. The standard InChI is InChI=1S/C58H39N3O.C40H27ClN2.C16H10BrCl.C10H6BrCl.C6H6BBrO2/c1-4-16-41(17-5-1)59(45-32-34-51-50-24-12-14-26-54(50)61(56(51)38-45)43-20-8-3-9-21-43)44-30-28-40(29-31-44)47-36-37-55(49-23-11-10-22-48(47)49)60(42-18-6-2-7-19-42)46-33-35-53-52-25-13-15-27-57(52)62-58(53)39-46;41-38-26-25-33(34-15-7-8-16-35(34)38)28-19-21-31(22-20-28)42(29-11-3-1-4-12-29)32-23-24-37-36-17-9-10-18-39(36)43(40(37)27-32)30-13-5-2-6-14-30;17-12-7-5-11(6-8-12)13-9-10-16(18)15-4-2-1-3-14(13)15;11-9-5-6-10(12)8-4-2-1-3-7(8)9;8-6-3-1-5(2-4-6)7(9)10/h1-39H;1-27H;1-10H;1-6H;1-4,9-10H. The van der Waals surface area contributed by atoms with Crippen molar-refractivity contribution in [2.75, 3.05) is 14.7 Å². The molecule has 0 radical (unpaired) electrons. The summed E-state index contributed by atoms with van der Waals surface area (Å²) in [6.45, 7) is 0. The van der Waals surface area contributed by atoms with Crippen molar-refractivity contribution in [3.05, 3.63) is 550 Å². The van der Waals surface area contributed by atoms with Crippen LogP contribution in [-0.2, 0) is 0 Å². The van der Waals surface area contributed by atoms with Crippen LogP contribution in [0, 0.1) is 0 Å². The molecule has 0 unspecified atom stereocenters. The molecule has 8 nitrogen and oxygen atoms in total. The molecular formula is C130H88BBr3Cl3N5O3. The molecule has 2 N–H and O–H groups in total. The quantitative estimate of drug-likeness (QED) is 0.0997. The summed E-state index contributed by atoms with van der Waals surface area (Å²) in [7, 11) is -1.37. The maximum absolute atomic E-state index is 8.65. The Morgan fingerprint density at radius 2 is 0.510 bits per heavy atom. The van der Waals surface area contributed by atoms with Gasteiger partial charge in [-0.05, 0) is 255 Å². The third-order valence-electron chi connectivity index (χ3n) is 26.4. The highest BCUT2D eigenvalue weighted by Gasteiger charge is 2.25. The molecule has 26 aromatic rings. The number of rotatable bonds is 15. The van der Waals surface area contributed by atoms with Gasteiger partial charge in [0.2, 0.25) is 0 Å². The zero-order valence-electron chi connectivity index (χ0n) is 78.0. The number of para-hydroxylation sites is 8. The second kappa shape index (κ2) is 42.4. The van der Waals surface area contributed by atoms with E-state index in [1.165, 1.54) is 76.6 Å². The minimum Gasteiger partial charge on any atom is -0.456 e. The van der Waals surface area contributed by atoms with Gasteiger partial charge >= 0.3 is 7.12 Å². The van der Waals surface area contributed by atoms with Crippen LogP contribution >= 0.6 is 82.6 Å². The number of hydrogen-bond acceptors (Lipinski definition) is 6. The van der Waals surface area contributed by atoms with Gasteiger partial charge in [-0.1, -0.05) is 404 Å². The van der Waals surface area contributed by atoms with Crippen molar-refractivity contribution in [2.24, 2.45) is 0 Å². The van der Waals surface area contributed by atoms with Crippen LogP contribution in [0.3, 0.4) is 0 Å². The van der Waals surface area contributed by atoms with Crippen LogP contribution in [0.4, 0.5) is 51.2 Å². The molecule has 26 rings (SSSR count). The van der Waals surface area contributed by atoms with Crippen molar-refractivity contribution in [2.45, 2.75) is 0 Å². The average molecular weight is 2130 g/mol. The fourth-order valence-corrected chi connectivity index (χ4v) is 21.3. The first-order valence-electron chi connectivity index (χ1n) is 47.7. The van der Waals surface area contributed by atoms with Crippen LogP contribution in [0.1, 0.15) is 0 Å². The molecule has 696 valence electrons. The van der Waals surface area contributed by atoms with Crippen molar-refractivity contribution < 1.29 is 14.5 Å². The summed E-state index contributed by atoms with van der Waals surface area (Å²) < 4.78 is 14.2. The molecular weight excluding hydrogens is 2040 g/mol. The minimum absolute atomic E-state index is 0.503. The lowest BCUT2D eigenvalue weighted by Crippen LogP contribution is -2.29. The van der Waals surface area contributed by atoms with Crippen LogP contribution in [0.15, 0.2) is 540 Å². The summed E-state index contributed by atoms with van der Waals surface area (Å²) in [6.07, 6.45) is 0. The van der Waals surface area contributed by atoms with E-state index >= 15 is 0 Å². The second-order valence-corrected chi connectivity index (χ2v) is 39.0. The van der Waals surface area contributed by atoms with Gasteiger partial charge in [-0.15, -0.1) is 0 Å². The molecule has 0 amide bonds. The van der Waals surface area contributed by atoms with E-state index in [9.17, 15) is 0 Å². The van der Waals surface area contributed by atoms with Gasteiger partial charge in [0.05, 0.1) is 27.8 Å². The van der Waals surface area contributed by atoms with Crippen molar-refractivity contribution in [3.63, 3.8) is 0 Å². The van der Waals surface area contributed by atoms with Gasteiger partial charge in [0.1, 0.15) is 11.2 Å². The molecule has 0 aliphatic rings. The van der Waals surface area contributed by atoms with E-state index in [-0.39, 0.29) is 0 Å². The lowest BCUT2D eigenvalue weighted by Gasteiger charge is -2.27. The lowest BCUT2D eigenvalue weighted by molar-refractivity contribution is 0.425. The molecule has 0 saturated heterocycles. The van der Waals surface area contributed by atoms with E-state index in [0.717, 1.165) is 156 Å². The second-order valence-electron chi connectivity index (χ2n) is 35.1. The predicted octanol–water partition coefficient (Wildman–Crippen LogP) is 38.5. The third kappa shape index (κ3) is 19.4. The Kier molecular flexibility index (Phi) is 27.5. The highest BCUT2D eigenvalue weighted by Crippen LogP contribution is 2.49. The van der Waals surface area contributed by atoms with Crippen LogP contribution in [0.25, 0.3) is 153 Å². The zero-order valence-corrected chi connectivity index (χ0v) is 85.1. The zero-order chi connectivity index (χ0) is 98.4. The molecule has 3 aromatic heterocycles. The number of fused-ring (bicyclic) bond motifs is 13. The van der Waals surface area contributed by atoms with E-state index in [1.807, 2.05) is 78.9 Å². The summed E-state index contributed by atoms with van der Waals surface area (Å²) in [6, 6.07) is 182. The SMILES string of the molecule is Clc1ccc(-c2ccc(Br)cc2)c2ccccc12.Clc1ccc(-c2ccc(N(c3ccccc3)c3ccc4c5ccccc5n(-c5ccccc5)c4c3)cc2)c2ccccc12.Clc1ccc(Br)c2ccccc12.OB(O)c1ccc(Br)cc1.c1ccc(N(c2ccc(-c3ccc(N(c4ccccc4)c4ccc5c(c4)oc4ccccc45)c4ccccc34)cc2)c2ccc3c4ccccc4n(-c4ccccc4)c3c2)cc1. The van der Waals surface area contributed by atoms with Crippen molar-refractivity contribution in [1.82, 2.24) is 9.13 Å². The highest BCUT2D eigenvalue weighted by atomic mass is 79.9. The monoisotopic (exact) mass is 2120 g/mol. The topological polar surface area (TPSA) is 73.2 Å². The van der Waals surface area contributed by atoms with Gasteiger partial charge in [-0.3, -0.25) is 0 Å². The van der Waals surface area contributed by atoms with Crippen LogP contribution in [0.2, 0.25) is 15.1 Å². The van der Waals surface area contributed by atoms with Gasteiger partial charge in [0.15, 0.2) is 0 Å². The Morgan fingerprint density at radius 1 is 0.214 bits per heavy atom. The molecule has 0 spiro atoms. The first-order valence-corrected chi connectivity index (χ1v) is 51.2. The van der Waals surface area contributed by atoms with Gasteiger partial charge in [-0.2, -0.15) is 0 Å². The molecule has 145 heavy (non-hydrogen) atoms. The average Bonchev–Trinajstić information content (AvgIpc) is 1.61. The number of furan rings is 1. The molecule has 15 heteroatoms. The molecule has 0 aliphatic carbocycles. The Morgan fingerprint density at radius 3 is 0.945 bits per heavy atom. The summed E-state index contributed by atoms with van der Waals surface area (Å²) >= 11 is 28.9. The minimum atomic E-state index is -1.37. The molecule has 0 saturated carbocycles. The maximum Gasteiger partial charge on any atom is 0.488 e. The molecule has 0 aliphatic heterocycles. The van der Waals surface area contributed by atoms with Gasteiger partial charge in [-0.25, -0.2) is 0 Å². The fraction of sp³-hybridized carbons (Fsp3) is 0. The largest absolute Gasteiger partial charge is 0.488 e. The van der Waals surface area contributed by atoms with Gasteiger partial charge < -0.3 is 38.3 Å². The maximum atomic E-state index is 8.65. The van der Waals surface area contributed by atoms with Gasteiger partial charge in [0, 0.05) is 145 Å². The third-order valence-corrected chi connectivity index (χ3v) is 29.2. The van der Waals surface area contributed by atoms with Crippen LogP contribution in [-0.4, -0.2) is 26.3 Å². The summed E-state index contributed by atoms with van der Waals surface area (Å²) in [5, 5.41) is 36.0. The van der Waals surface area contributed by atoms with Gasteiger partial charge in [0.25, 0.3) is 0 Å².